The Hall–Kier alpha value is -4.01. The smallest absolute Gasteiger partial charge is 0.352 e. The molecule has 0 spiro atoms. The minimum Gasteiger partial charge on any atom is -0.352 e. The Morgan fingerprint density at radius 2 is 1.94 bits per heavy atom. The Kier molecular flexibility index (Phi) is 8.01. The molecule has 2 heterocycles. The molecule has 0 aliphatic carbocycles. The molecule has 0 aliphatic heterocycles. The number of hydrogen-bond donors (Lipinski definition) is 5. The molecule has 0 aliphatic rings. The minimum absolute atomic E-state index is 0.0124. The van der Waals surface area contributed by atoms with E-state index < -0.39 is 30.5 Å². The normalized spacial score (nSPS) is 11.1. The molecular weight excluding hydrogens is 482 g/mol. The van der Waals surface area contributed by atoms with Gasteiger partial charge in [-0.15, -0.1) is 0 Å². The molecule has 3 rings (SSSR count). The molecular formula is C23H23ClF2N6O3+2. The van der Waals surface area contributed by atoms with E-state index >= 15 is 0 Å². The Bertz CT molecular complexity index is 1280. The number of nitriles is 1. The molecule has 35 heavy (non-hydrogen) atoms. The summed E-state index contributed by atoms with van der Waals surface area (Å²) in [5.41, 5.74) is 6.44. The topological polar surface area (TPSA) is 139 Å². The first-order valence-corrected chi connectivity index (χ1v) is 10.8. The van der Waals surface area contributed by atoms with Gasteiger partial charge in [-0.1, -0.05) is 17.7 Å². The number of benzene rings is 1. The van der Waals surface area contributed by atoms with Crippen LogP contribution in [0.25, 0.3) is 0 Å². The standard InChI is InChI=1S/C23H21ClF2N6O3/c24-18-6-4-15(11-27)17(9-18)13-29-22(33)10-19-16(12-28)5-7-21(32(19)35)30-14-23(25,26)20-3-1-2-8-31(20)34/h1-9,35H,10-11,13-14,27H2,(H-,29,33,34)/p+2. The maximum atomic E-state index is 14.6. The van der Waals surface area contributed by atoms with Crippen molar-refractivity contribution in [3.05, 3.63) is 87.8 Å². The van der Waals surface area contributed by atoms with E-state index in [1.165, 1.54) is 24.3 Å². The van der Waals surface area contributed by atoms with Crippen molar-refractivity contribution in [1.29, 1.82) is 5.26 Å². The number of hydrogen-bond acceptors (Lipinski definition) is 6. The zero-order valence-corrected chi connectivity index (χ0v) is 19.1. The number of pyridine rings is 2. The number of halogens is 3. The van der Waals surface area contributed by atoms with Gasteiger partial charge in [-0.25, -0.2) is 0 Å². The summed E-state index contributed by atoms with van der Waals surface area (Å²) in [5.74, 6) is -4.21. The fraction of sp³-hybridized carbons (Fsp3) is 0.217. The van der Waals surface area contributed by atoms with Crippen LogP contribution in [0.1, 0.15) is 28.1 Å². The van der Waals surface area contributed by atoms with Gasteiger partial charge in [-0.3, -0.25) is 15.3 Å². The number of carbonyl (C=O) groups excluding carboxylic acids is 1. The summed E-state index contributed by atoms with van der Waals surface area (Å²) in [7, 11) is 0. The zero-order valence-electron chi connectivity index (χ0n) is 18.4. The summed E-state index contributed by atoms with van der Waals surface area (Å²) in [5, 5.41) is 35.1. The number of nitrogens with one attached hydrogen (secondary N) is 2. The Morgan fingerprint density at radius 1 is 1.17 bits per heavy atom. The van der Waals surface area contributed by atoms with Crippen LogP contribution in [0.4, 0.5) is 14.6 Å². The number of nitrogens with two attached hydrogens (primary N) is 1. The Labute approximate surface area is 204 Å². The highest BCUT2D eigenvalue weighted by molar-refractivity contribution is 6.30. The maximum Gasteiger partial charge on any atom is 0.370 e. The van der Waals surface area contributed by atoms with Crippen molar-refractivity contribution in [3.8, 4) is 6.07 Å². The van der Waals surface area contributed by atoms with Gasteiger partial charge < -0.3 is 16.3 Å². The summed E-state index contributed by atoms with van der Waals surface area (Å²) in [4.78, 5) is 12.6. The highest BCUT2D eigenvalue weighted by Crippen LogP contribution is 2.25. The largest absolute Gasteiger partial charge is 0.370 e. The summed E-state index contributed by atoms with van der Waals surface area (Å²) in [6.45, 7) is -0.622. The molecule has 0 atom stereocenters. The van der Waals surface area contributed by atoms with Crippen LogP contribution in [0, 0.1) is 11.3 Å². The molecule has 12 heteroatoms. The van der Waals surface area contributed by atoms with Crippen LogP contribution in [-0.4, -0.2) is 22.9 Å². The third-order valence-corrected chi connectivity index (χ3v) is 5.46. The average molecular weight is 505 g/mol. The van der Waals surface area contributed by atoms with Gasteiger partial charge >= 0.3 is 17.4 Å². The van der Waals surface area contributed by atoms with Gasteiger partial charge in [-0.2, -0.15) is 14.0 Å². The van der Waals surface area contributed by atoms with Crippen molar-refractivity contribution in [2.45, 2.75) is 25.4 Å². The van der Waals surface area contributed by atoms with Gasteiger partial charge in [0.15, 0.2) is 12.2 Å². The molecule has 0 radical (unpaired) electrons. The van der Waals surface area contributed by atoms with Crippen molar-refractivity contribution in [1.82, 2.24) is 5.32 Å². The van der Waals surface area contributed by atoms with Crippen LogP contribution >= 0.6 is 11.6 Å². The third-order valence-electron chi connectivity index (χ3n) is 5.22. The number of carbonyl (C=O) groups is 1. The van der Waals surface area contributed by atoms with Gasteiger partial charge in [-0.05, 0) is 40.1 Å². The third kappa shape index (κ3) is 6.11. The van der Waals surface area contributed by atoms with Crippen LogP contribution in [0.3, 0.4) is 0 Å². The quantitative estimate of drug-likeness (QED) is 0.222. The lowest BCUT2D eigenvalue weighted by Gasteiger charge is -2.13. The van der Waals surface area contributed by atoms with Crippen LogP contribution in [-0.2, 0) is 30.2 Å². The monoisotopic (exact) mass is 504 g/mol. The van der Waals surface area contributed by atoms with E-state index in [2.05, 4.69) is 10.6 Å². The Balaban J connectivity index is 1.74. The molecule has 9 nitrogen and oxygen atoms in total. The van der Waals surface area contributed by atoms with Crippen molar-refractivity contribution >= 4 is 23.3 Å². The van der Waals surface area contributed by atoms with E-state index in [1.54, 1.807) is 18.2 Å². The number of anilines is 1. The second-order valence-corrected chi connectivity index (χ2v) is 8.00. The predicted octanol–water partition coefficient (Wildman–Crippen LogP) is 1.78. The molecule has 1 aromatic carbocycles. The van der Waals surface area contributed by atoms with E-state index in [4.69, 9.17) is 17.3 Å². The molecule has 3 aromatic rings. The highest BCUT2D eigenvalue weighted by atomic mass is 35.5. The second kappa shape index (κ2) is 10.9. The molecule has 0 bridgehead atoms. The van der Waals surface area contributed by atoms with E-state index in [0.717, 1.165) is 17.8 Å². The van der Waals surface area contributed by atoms with E-state index in [-0.39, 0.29) is 30.2 Å². The highest BCUT2D eigenvalue weighted by Gasteiger charge is 2.43. The van der Waals surface area contributed by atoms with Gasteiger partial charge in [0.25, 0.3) is 0 Å². The molecule has 2 aromatic heterocycles. The molecule has 6 N–H and O–H groups in total. The first-order valence-electron chi connectivity index (χ1n) is 10.4. The number of rotatable bonds is 9. The summed E-state index contributed by atoms with van der Waals surface area (Å²) in [6.07, 6.45) is 0.660. The number of alkyl halides is 2. The lowest BCUT2D eigenvalue weighted by Crippen LogP contribution is -2.45. The van der Waals surface area contributed by atoms with Crippen molar-refractivity contribution < 1.29 is 33.5 Å². The molecule has 0 saturated heterocycles. The van der Waals surface area contributed by atoms with E-state index in [1.807, 2.05) is 6.07 Å². The number of aromatic nitrogens is 2. The van der Waals surface area contributed by atoms with Gasteiger partial charge in [0, 0.05) is 41.0 Å². The first-order chi connectivity index (χ1) is 16.7. The predicted molar refractivity (Wildman–Crippen MR) is 120 cm³/mol. The van der Waals surface area contributed by atoms with Crippen molar-refractivity contribution in [2.24, 2.45) is 5.73 Å². The second-order valence-electron chi connectivity index (χ2n) is 7.56. The van der Waals surface area contributed by atoms with Crippen LogP contribution in [0.15, 0.2) is 54.7 Å². The van der Waals surface area contributed by atoms with Gasteiger partial charge in [0.1, 0.15) is 6.07 Å². The van der Waals surface area contributed by atoms with Gasteiger partial charge in [0.2, 0.25) is 12.1 Å². The van der Waals surface area contributed by atoms with E-state index in [9.17, 15) is 29.3 Å². The minimum atomic E-state index is -3.51. The van der Waals surface area contributed by atoms with Crippen LogP contribution in [0.2, 0.25) is 5.02 Å². The lowest BCUT2D eigenvalue weighted by atomic mass is 10.1. The molecule has 182 valence electrons. The average Bonchev–Trinajstić information content (AvgIpc) is 2.83. The zero-order chi connectivity index (χ0) is 25.6. The number of nitrogens with zero attached hydrogens (tertiary/aromatic N) is 3. The lowest BCUT2D eigenvalue weighted by molar-refractivity contribution is -0.913. The number of amides is 1. The SMILES string of the molecule is N#Cc1ccc(NCC(F)(F)c2cccc[n+]2O)[n+](O)c1CC(=O)NCc1cc(Cl)ccc1CN. The first kappa shape index (κ1) is 25.6. The van der Waals surface area contributed by atoms with Crippen LogP contribution < -0.4 is 25.8 Å². The summed E-state index contributed by atoms with van der Waals surface area (Å²) < 4.78 is 29.9. The van der Waals surface area contributed by atoms with Crippen molar-refractivity contribution in [2.75, 3.05) is 11.9 Å². The maximum absolute atomic E-state index is 14.6. The molecule has 0 unspecified atom stereocenters. The molecule has 1 amide bonds. The molecule has 0 saturated carbocycles. The fourth-order valence-electron chi connectivity index (χ4n) is 3.38. The van der Waals surface area contributed by atoms with Crippen molar-refractivity contribution in [3.63, 3.8) is 0 Å². The Morgan fingerprint density at radius 3 is 2.63 bits per heavy atom. The van der Waals surface area contributed by atoms with E-state index in [0.29, 0.717) is 20.0 Å². The van der Waals surface area contributed by atoms with Crippen LogP contribution in [0.5, 0.6) is 0 Å². The summed E-state index contributed by atoms with van der Waals surface area (Å²) in [6, 6.07) is 13.3. The molecule has 0 fully saturated rings. The summed E-state index contributed by atoms with van der Waals surface area (Å²) >= 11 is 6.00. The fourth-order valence-corrected chi connectivity index (χ4v) is 3.57. The van der Waals surface area contributed by atoms with Gasteiger partial charge in [0.05, 0.1) is 12.0 Å².